The lowest BCUT2D eigenvalue weighted by Crippen LogP contribution is -2.62. The van der Waals surface area contributed by atoms with Gasteiger partial charge >= 0.3 is 12.4 Å². The van der Waals surface area contributed by atoms with Crippen LogP contribution in [0.25, 0.3) is 0 Å². The van der Waals surface area contributed by atoms with Crippen LogP contribution in [0.5, 0.6) is 0 Å². The van der Waals surface area contributed by atoms with Gasteiger partial charge in [0.1, 0.15) is 17.3 Å². The Bertz CT molecular complexity index is 1150. The maximum Gasteiger partial charge on any atom is 0.419 e. The van der Waals surface area contributed by atoms with E-state index in [0.717, 1.165) is 34.2 Å². The van der Waals surface area contributed by atoms with E-state index in [1.54, 1.807) is 0 Å². The molecule has 34 heavy (non-hydrogen) atoms. The Morgan fingerprint density at radius 1 is 1.09 bits per heavy atom. The van der Waals surface area contributed by atoms with Crippen LogP contribution < -0.4 is 0 Å². The molecule has 0 spiro atoms. The number of alkyl halides is 6. The predicted octanol–water partition coefficient (Wildman–Crippen LogP) is 4.80. The highest BCUT2D eigenvalue weighted by Gasteiger charge is 2.42. The number of amidine groups is 2. The molecular formula is C21H18F7N5O. The Kier molecular flexibility index (Phi) is 6.42. The van der Waals surface area contributed by atoms with Gasteiger partial charge in [-0.25, -0.2) is 4.39 Å². The second-order valence-electron chi connectivity index (χ2n) is 7.67. The number of aromatic nitrogens is 1. The van der Waals surface area contributed by atoms with Crippen molar-refractivity contribution in [3.05, 3.63) is 64.7 Å². The summed E-state index contributed by atoms with van der Waals surface area (Å²) in [5.74, 6) is -3.74. The Balaban J connectivity index is 1.90. The fraction of sp³-hybridized carbons (Fsp3) is 0.333. The number of carbonyl (C=O) groups excluding carboxylic acids is 1. The highest BCUT2D eigenvalue weighted by atomic mass is 19.4. The number of nitrogens with one attached hydrogen (secondary N) is 2. The zero-order valence-electron chi connectivity index (χ0n) is 17.7. The van der Waals surface area contributed by atoms with Gasteiger partial charge in [-0.3, -0.25) is 20.6 Å². The third-order valence-electron chi connectivity index (χ3n) is 5.39. The molecule has 1 fully saturated rings. The van der Waals surface area contributed by atoms with E-state index in [0.29, 0.717) is 12.1 Å². The smallest absolute Gasteiger partial charge is 0.324 e. The molecule has 1 aromatic heterocycles. The summed E-state index contributed by atoms with van der Waals surface area (Å²) in [4.78, 5) is 18.8. The Morgan fingerprint density at radius 2 is 1.74 bits per heavy atom. The monoisotopic (exact) mass is 489 g/mol. The summed E-state index contributed by atoms with van der Waals surface area (Å²) in [5, 5.41) is 16.6. The minimum absolute atomic E-state index is 0.244. The minimum Gasteiger partial charge on any atom is -0.324 e. The van der Waals surface area contributed by atoms with Gasteiger partial charge in [0.05, 0.1) is 22.7 Å². The summed E-state index contributed by atoms with van der Waals surface area (Å²) in [6.45, 7) is 2.57. The molecule has 0 bridgehead atoms. The molecule has 0 radical (unpaired) electrons. The van der Waals surface area contributed by atoms with Crippen LogP contribution in [0.1, 0.15) is 41.0 Å². The van der Waals surface area contributed by atoms with Crippen molar-refractivity contribution in [2.75, 3.05) is 6.54 Å². The summed E-state index contributed by atoms with van der Waals surface area (Å²) in [5.41, 5.74) is -3.83. The first-order valence-corrected chi connectivity index (χ1v) is 9.81. The maximum absolute atomic E-state index is 14.5. The largest absolute Gasteiger partial charge is 0.419 e. The molecule has 2 N–H and O–H groups in total. The van der Waals surface area contributed by atoms with E-state index in [2.05, 4.69) is 4.98 Å². The number of hydrogen-bond acceptors (Lipinski definition) is 4. The second kappa shape index (κ2) is 8.69. The second-order valence-corrected chi connectivity index (χ2v) is 7.67. The first kappa shape index (κ1) is 25.1. The van der Waals surface area contributed by atoms with Gasteiger partial charge in [0.25, 0.3) is 5.91 Å². The zero-order valence-corrected chi connectivity index (χ0v) is 17.7. The van der Waals surface area contributed by atoms with Crippen molar-refractivity contribution in [2.24, 2.45) is 0 Å². The highest BCUT2D eigenvalue weighted by Crippen LogP contribution is 2.34. The Labute approximate surface area is 189 Å². The van der Waals surface area contributed by atoms with E-state index in [9.17, 15) is 35.5 Å². The standard InChI is InChI=1S/C21H18F7N5O/c1-10-9-32(18(30)15-8-12(6-7-31-15)20(23,24)25)17(29)11(2)33(10)19(34)13-4-3-5-14(16(13)22)21(26,27)28/h3-8,10-11,29-30H,9H2,1-2H3. The van der Waals surface area contributed by atoms with Crippen molar-refractivity contribution >= 4 is 17.6 Å². The lowest BCUT2D eigenvalue weighted by Gasteiger charge is -2.45. The zero-order chi connectivity index (χ0) is 25.6. The van der Waals surface area contributed by atoms with Crippen LogP contribution in [0.2, 0.25) is 0 Å². The first-order valence-electron chi connectivity index (χ1n) is 9.81. The third kappa shape index (κ3) is 4.59. The molecule has 0 aliphatic carbocycles. The van der Waals surface area contributed by atoms with Crippen LogP contribution in [-0.2, 0) is 12.4 Å². The molecule has 1 aliphatic rings. The molecule has 1 aliphatic heterocycles. The van der Waals surface area contributed by atoms with E-state index in [-0.39, 0.29) is 18.1 Å². The fourth-order valence-electron chi connectivity index (χ4n) is 3.71. The molecule has 3 rings (SSSR count). The van der Waals surface area contributed by atoms with Crippen molar-refractivity contribution < 1.29 is 35.5 Å². The van der Waals surface area contributed by atoms with Gasteiger partial charge in [0.15, 0.2) is 5.84 Å². The van der Waals surface area contributed by atoms with Crippen LogP contribution >= 0.6 is 0 Å². The number of carbonyl (C=O) groups is 1. The summed E-state index contributed by atoms with van der Waals surface area (Å²) < 4.78 is 92.7. The van der Waals surface area contributed by atoms with Crippen LogP contribution in [0.3, 0.4) is 0 Å². The maximum atomic E-state index is 14.5. The fourth-order valence-corrected chi connectivity index (χ4v) is 3.71. The summed E-state index contributed by atoms with van der Waals surface area (Å²) in [7, 11) is 0. The number of benzene rings is 1. The van der Waals surface area contributed by atoms with Gasteiger partial charge in [-0.1, -0.05) is 6.07 Å². The van der Waals surface area contributed by atoms with Crippen molar-refractivity contribution in [2.45, 2.75) is 38.3 Å². The molecule has 1 amide bonds. The first-order chi connectivity index (χ1) is 15.6. The van der Waals surface area contributed by atoms with Crippen molar-refractivity contribution in [1.82, 2.24) is 14.8 Å². The topological polar surface area (TPSA) is 84.1 Å². The number of amides is 1. The number of rotatable bonds is 2. The van der Waals surface area contributed by atoms with E-state index in [1.807, 2.05) is 0 Å². The minimum atomic E-state index is -5.02. The molecule has 2 unspecified atom stereocenters. The lowest BCUT2D eigenvalue weighted by atomic mass is 10.0. The molecule has 182 valence electrons. The number of piperazine rings is 1. The Hall–Kier alpha value is -3.51. The van der Waals surface area contributed by atoms with Gasteiger partial charge in [-0.05, 0) is 38.1 Å². The molecule has 2 atom stereocenters. The molecule has 1 aromatic carbocycles. The van der Waals surface area contributed by atoms with Gasteiger partial charge in [-0.2, -0.15) is 26.3 Å². The number of hydrogen-bond donors (Lipinski definition) is 2. The van der Waals surface area contributed by atoms with E-state index < -0.39 is 58.7 Å². The SMILES string of the molecule is CC1CN(C(=N)c2cc(C(F)(F)F)ccn2)C(=N)C(C)N1C(=O)c1cccc(C(F)(F)F)c1F. The van der Waals surface area contributed by atoms with Gasteiger partial charge in [-0.15, -0.1) is 0 Å². The molecule has 2 heterocycles. The summed E-state index contributed by atoms with van der Waals surface area (Å²) in [6.07, 6.45) is -8.82. The number of halogens is 7. The number of pyridine rings is 1. The molecule has 2 aromatic rings. The summed E-state index contributed by atoms with van der Waals surface area (Å²) >= 11 is 0. The van der Waals surface area contributed by atoms with Crippen LogP contribution in [-0.4, -0.2) is 51.0 Å². The Morgan fingerprint density at radius 3 is 2.32 bits per heavy atom. The van der Waals surface area contributed by atoms with Crippen LogP contribution in [0.4, 0.5) is 30.7 Å². The van der Waals surface area contributed by atoms with Crippen molar-refractivity contribution in [3.8, 4) is 0 Å². The molecular weight excluding hydrogens is 471 g/mol. The van der Waals surface area contributed by atoms with Gasteiger partial charge in [0.2, 0.25) is 0 Å². The lowest BCUT2D eigenvalue weighted by molar-refractivity contribution is -0.140. The quantitative estimate of drug-likeness (QED) is 0.361. The van der Waals surface area contributed by atoms with E-state index in [1.165, 1.54) is 13.8 Å². The van der Waals surface area contributed by atoms with E-state index >= 15 is 0 Å². The molecule has 13 heteroatoms. The van der Waals surface area contributed by atoms with Crippen molar-refractivity contribution in [1.29, 1.82) is 10.8 Å². The van der Waals surface area contributed by atoms with Gasteiger partial charge < -0.3 is 9.80 Å². The average molecular weight is 489 g/mol. The van der Waals surface area contributed by atoms with Crippen LogP contribution in [0.15, 0.2) is 36.5 Å². The van der Waals surface area contributed by atoms with Gasteiger partial charge in [0, 0.05) is 18.8 Å². The van der Waals surface area contributed by atoms with Crippen molar-refractivity contribution in [3.63, 3.8) is 0 Å². The molecule has 6 nitrogen and oxygen atoms in total. The molecule has 0 saturated carbocycles. The normalized spacial score (nSPS) is 19.4. The predicted molar refractivity (Wildman–Crippen MR) is 107 cm³/mol. The molecule has 1 saturated heterocycles. The third-order valence-corrected chi connectivity index (χ3v) is 5.39. The van der Waals surface area contributed by atoms with E-state index in [4.69, 9.17) is 10.8 Å². The van der Waals surface area contributed by atoms with Crippen LogP contribution in [0, 0.1) is 16.6 Å². The highest BCUT2D eigenvalue weighted by molar-refractivity contribution is 6.09. The summed E-state index contributed by atoms with van der Waals surface area (Å²) in [6, 6.07) is 1.71. The average Bonchev–Trinajstić information content (AvgIpc) is 2.74. The number of nitrogens with zero attached hydrogens (tertiary/aromatic N) is 3.